The van der Waals surface area contributed by atoms with Crippen molar-refractivity contribution >= 4 is 17.7 Å². The molecule has 0 aliphatic carbocycles. The molecule has 4 heteroatoms. The maximum Gasteiger partial charge on any atom is 0.337 e. The monoisotopic (exact) mass is 199 g/mol. The average Bonchev–Trinajstić information content (AvgIpc) is 2.18. The Morgan fingerprint density at radius 2 is 2.08 bits per heavy atom. The van der Waals surface area contributed by atoms with Crippen LogP contribution >= 0.6 is 11.8 Å². The quantitative estimate of drug-likeness (QED) is 0.595. The summed E-state index contributed by atoms with van der Waals surface area (Å²) in [4.78, 5) is 13.5. The highest BCUT2D eigenvalue weighted by atomic mass is 35.5. The van der Waals surface area contributed by atoms with Gasteiger partial charge in [-0.3, -0.25) is 0 Å². The van der Waals surface area contributed by atoms with Gasteiger partial charge in [-0.25, -0.2) is 9.63 Å². The Morgan fingerprint density at radius 3 is 2.54 bits per heavy atom. The molecule has 0 atom stereocenters. The van der Waals surface area contributed by atoms with Gasteiger partial charge in [0.05, 0.1) is 12.7 Å². The lowest BCUT2D eigenvalue weighted by atomic mass is 10.1. The molecule has 0 spiro atoms. The van der Waals surface area contributed by atoms with Gasteiger partial charge in [-0.15, -0.1) is 0 Å². The molecule has 1 N–H and O–H groups in total. The second-order valence-electron chi connectivity index (χ2n) is 2.50. The summed E-state index contributed by atoms with van der Waals surface area (Å²) in [5.41, 5.74) is 1.56. The smallest absolute Gasteiger partial charge is 0.337 e. The van der Waals surface area contributed by atoms with Crippen molar-refractivity contribution in [3.8, 4) is 0 Å². The van der Waals surface area contributed by atoms with E-state index in [9.17, 15) is 4.79 Å². The second-order valence-corrected chi connectivity index (χ2v) is 2.77. The van der Waals surface area contributed by atoms with Crippen LogP contribution in [-0.2, 0) is 11.3 Å². The molecule has 0 bridgehead atoms. The number of hydrogen-bond donors (Lipinski definition) is 1. The van der Waals surface area contributed by atoms with E-state index in [4.69, 9.17) is 11.8 Å². The van der Waals surface area contributed by atoms with Gasteiger partial charge in [-0.05, 0) is 29.5 Å². The van der Waals surface area contributed by atoms with Crippen LogP contribution in [0.25, 0.3) is 0 Å². The van der Waals surface area contributed by atoms with Crippen LogP contribution in [0.4, 0.5) is 0 Å². The Hall–Kier alpha value is -1.06. The van der Waals surface area contributed by atoms with Crippen molar-refractivity contribution in [1.82, 2.24) is 4.84 Å². The first-order valence-corrected chi connectivity index (χ1v) is 4.16. The highest BCUT2D eigenvalue weighted by Crippen LogP contribution is 2.05. The van der Waals surface area contributed by atoms with Crippen molar-refractivity contribution in [2.24, 2.45) is 0 Å². The summed E-state index contributed by atoms with van der Waals surface area (Å²) in [6.07, 6.45) is 0. The first kappa shape index (κ1) is 10.0. The van der Waals surface area contributed by atoms with Gasteiger partial charge in [0.1, 0.15) is 0 Å². The van der Waals surface area contributed by atoms with Crippen LogP contribution in [0.15, 0.2) is 24.3 Å². The minimum atomic E-state index is -0.328. The van der Waals surface area contributed by atoms with Gasteiger partial charge < -0.3 is 4.74 Å². The molecule has 1 aromatic rings. The summed E-state index contributed by atoms with van der Waals surface area (Å²) in [7, 11) is 1.36. The third-order valence-corrected chi connectivity index (χ3v) is 1.78. The van der Waals surface area contributed by atoms with Gasteiger partial charge in [0, 0.05) is 6.54 Å². The standard InChI is InChI=1S/C9H10ClNO2/c1-13-9(12)8-4-2-7(3-5-8)6-11-10/h2-5,11H,6H2,1H3. The van der Waals surface area contributed by atoms with Crippen molar-refractivity contribution in [3.05, 3.63) is 35.4 Å². The number of benzene rings is 1. The lowest BCUT2D eigenvalue weighted by Gasteiger charge is -2.00. The number of ether oxygens (including phenoxy) is 1. The Morgan fingerprint density at radius 1 is 1.46 bits per heavy atom. The molecule has 0 aromatic heterocycles. The number of halogens is 1. The molecule has 0 saturated carbocycles. The average molecular weight is 200 g/mol. The summed E-state index contributed by atoms with van der Waals surface area (Å²) >= 11 is 5.32. The Labute approximate surface area is 81.8 Å². The van der Waals surface area contributed by atoms with Crippen molar-refractivity contribution in [2.45, 2.75) is 6.54 Å². The number of rotatable bonds is 3. The Bertz CT molecular complexity index is 284. The van der Waals surface area contributed by atoms with Gasteiger partial charge >= 0.3 is 5.97 Å². The lowest BCUT2D eigenvalue weighted by molar-refractivity contribution is 0.0600. The SMILES string of the molecule is COC(=O)c1ccc(CNCl)cc1. The normalized spacial score (nSPS) is 9.69. The zero-order chi connectivity index (χ0) is 9.68. The van der Waals surface area contributed by atoms with Crippen LogP contribution in [0, 0.1) is 0 Å². The van der Waals surface area contributed by atoms with Crippen LogP contribution in [0.5, 0.6) is 0 Å². The van der Waals surface area contributed by atoms with E-state index in [-0.39, 0.29) is 5.97 Å². The first-order valence-electron chi connectivity index (χ1n) is 3.78. The molecule has 70 valence electrons. The van der Waals surface area contributed by atoms with Gasteiger partial charge in [0.15, 0.2) is 0 Å². The summed E-state index contributed by atoms with van der Waals surface area (Å²) in [6, 6.07) is 7.05. The molecule has 0 fully saturated rings. The maximum atomic E-state index is 11.0. The summed E-state index contributed by atoms with van der Waals surface area (Å²) in [5, 5.41) is 0. The van der Waals surface area contributed by atoms with Crippen molar-refractivity contribution in [2.75, 3.05) is 7.11 Å². The van der Waals surface area contributed by atoms with Crippen LogP contribution in [0.2, 0.25) is 0 Å². The summed E-state index contributed by atoms with van der Waals surface area (Å²) in [5.74, 6) is -0.328. The molecule has 1 rings (SSSR count). The van der Waals surface area contributed by atoms with E-state index < -0.39 is 0 Å². The van der Waals surface area contributed by atoms with Crippen LogP contribution in [0.1, 0.15) is 15.9 Å². The fourth-order valence-electron chi connectivity index (χ4n) is 0.954. The topological polar surface area (TPSA) is 38.3 Å². The zero-order valence-electron chi connectivity index (χ0n) is 7.21. The largest absolute Gasteiger partial charge is 0.465 e. The van der Waals surface area contributed by atoms with Gasteiger partial charge in [0.2, 0.25) is 0 Å². The first-order chi connectivity index (χ1) is 6.27. The fourth-order valence-corrected chi connectivity index (χ4v) is 1.11. The molecule has 0 unspecified atom stereocenters. The minimum absolute atomic E-state index is 0.328. The van der Waals surface area contributed by atoms with E-state index >= 15 is 0 Å². The van der Waals surface area contributed by atoms with Gasteiger partial charge in [-0.2, -0.15) is 0 Å². The van der Waals surface area contributed by atoms with Gasteiger partial charge in [0.25, 0.3) is 0 Å². The third kappa shape index (κ3) is 2.72. The molecule has 1 aromatic carbocycles. The van der Waals surface area contributed by atoms with Crippen molar-refractivity contribution in [1.29, 1.82) is 0 Å². The van der Waals surface area contributed by atoms with E-state index in [1.165, 1.54) is 7.11 Å². The van der Waals surface area contributed by atoms with Crippen molar-refractivity contribution in [3.63, 3.8) is 0 Å². The molecular weight excluding hydrogens is 190 g/mol. The Balaban J connectivity index is 2.75. The molecule has 0 amide bonds. The molecule has 0 saturated heterocycles. The molecule has 3 nitrogen and oxygen atoms in total. The highest BCUT2D eigenvalue weighted by Gasteiger charge is 2.03. The number of nitrogens with one attached hydrogen (secondary N) is 1. The predicted molar refractivity (Wildman–Crippen MR) is 50.5 cm³/mol. The van der Waals surface area contributed by atoms with E-state index in [1.807, 2.05) is 12.1 Å². The van der Waals surface area contributed by atoms with Crippen molar-refractivity contribution < 1.29 is 9.53 Å². The van der Waals surface area contributed by atoms with E-state index in [0.717, 1.165) is 5.56 Å². The molecule has 0 radical (unpaired) electrons. The number of hydrogen-bond acceptors (Lipinski definition) is 3. The molecule has 0 aliphatic heterocycles. The van der Waals surface area contributed by atoms with Crippen LogP contribution in [-0.4, -0.2) is 13.1 Å². The molecule has 0 aliphatic rings. The molecule has 0 heterocycles. The van der Waals surface area contributed by atoms with Crippen LogP contribution < -0.4 is 4.84 Å². The number of esters is 1. The summed E-state index contributed by atoms with van der Waals surface area (Å²) in [6.45, 7) is 0.572. The van der Waals surface area contributed by atoms with E-state index in [1.54, 1.807) is 12.1 Å². The third-order valence-electron chi connectivity index (χ3n) is 1.65. The lowest BCUT2D eigenvalue weighted by Crippen LogP contribution is -2.02. The number of carbonyl (C=O) groups is 1. The maximum absolute atomic E-state index is 11.0. The molecular formula is C9H10ClNO2. The zero-order valence-corrected chi connectivity index (χ0v) is 7.97. The minimum Gasteiger partial charge on any atom is -0.465 e. The van der Waals surface area contributed by atoms with E-state index in [2.05, 4.69) is 9.57 Å². The fraction of sp³-hybridized carbons (Fsp3) is 0.222. The Kier molecular flexibility index (Phi) is 3.73. The molecule has 13 heavy (non-hydrogen) atoms. The second kappa shape index (κ2) is 4.84. The summed E-state index contributed by atoms with van der Waals surface area (Å²) < 4.78 is 4.56. The highest BCUT2D eigenvalue weighted by molar-refractivity contribution is 6.13. The number of methoxy groups -OCH3 is 1. The number of carbonyl (C=O) groups excluding carboxylic acids is 1. The predicted octanol–water partition coefficient (Wildman–Crippen LogP) is 1.72. The van der Waals surface area contributed by atoms with E-state index in [0.29, 0.717) is 12.1 Å². The van der Waals surface area contributed by atoms with Crippen LogP contribution in [0.3, 0.4) is 0 Å². The van der Waals surface area contributed by atoms with Gasteiger partial charge in [-0.1, -0.05) is 12.1 Å².